The summed E-state index contributed by atoms with van der Waals surface area (Å²) in [7, 11) is 0. The summed E-state index contributed by atoms with van der Waals surface area (Å²) < 4.78 is 29.8. The quantitative estimate of drug-likeness (QED) is 0.791. The molecule has 0 atom stereocenters. The van der Waals surface area contributed by atoms with Gasteiger partial charge in [0.05, 0.1) is 12.2 Å². The Labute approximate surface area is 94.4 Å². The maximum absolute atomic E-state index is 12.5. The molecule has 0 saturated heterocycles. The van der Waals surface area contributed by atoms with Gasteiger partial charge < -0.3 is 4.74 Å². The molecule has 5 heteroatoms. The van der Waals surface area contributed by atoms with E-state index in [-0.39, 0.29) is 22.2 Å². The summed E-state index contributed by atoms with van der Waals surface area (Å²) in [5, 5.41) is 0. The van der Waals surface area contributed by atoms with Crippen molar-refractivity contribution in [3.8, 4) is 0 Å². The Bertz CT molecular complexity index is 366. The lowest BCUT2D eigenvalue weighted by molar-refractivity contribution is 0.0524. The first-order valence-corrected chi connectivity index (χ1v) is 5.11. The zero-order valence-electron chi connectivity index (χ0n) is 7.97. The molecule has 1 aromatic carbocycles. The molecule has 2 nitrogen and oxygen atoms in total. The monoisotopic (exact) mass is 278 g/mol. The van der Waals surface area contributed by atoms with Gasteiger partial charge in [-0.3, -0.25) is 0 Å². The first kappa shape index (κ1) is 12.1. The highest BCUT2D eigenvalue weighted by Gasteiger charge is 2.18. The second kappa shape index (κ2) is 5.21. The van der Waals surface area contributed by atoms with Gasteiger partial charge in [0.1, 0.15) is 0 Å². The van der Waals surface area contributed by atoms with Crippen molar-refractivity contribution in [1.82, 2.24) is 0 Å². The lowest BCUT2D eigenvalue weighted by Crippen LogP contribution is -2.06. The highest BCUT2D eigenvalue weighted by Crippen LogP contribution is 2.30. The second-order valence-electron chi connectivity index (χ2n) is 2.73. The number of benzene rings is 1. The molecule has 0 aliphatic heterocycles. The molecule has 0 bridgehead atoms. The van der Waals surface area contributed by atoms with Crippen LogP contribution >= 0.6 is 15.9 Å². The Morgan fingerprint density at radius 3 is 2.73 bits per heavy atom. The molecule has 0 spiro atoms. The fourth-order valence-corrected chi connectivity index (χ4v) is 1.68. The van der Waals surface area contributed by atoms with Crippen molar-refractivity contribution in [2.75, 3.05) is 6.61 Å². The molecule has 0 saturated carbocycles. The van der Waals surface area contributed by atoms with Gasteiger partial charge in [0.15, 0.2) is 0 Å². The van der Waals surface area contributed by atoms with Gasteiger partial charge in [-0.05, 0) is 28.9 Å². The molecule has 0 N–H and O–H groups in total. The Hall–Kier alpha value is -0.970. The first-order chi connectivity index (χ1) is 7.07. The number of alkyl halides is 2. The molecule has 0 radical (unpaired) electrons. The van der Waals surface area contributed by atoms with E-state index < -0.39 is 12.4 Å². The number of carbonyl (C=O) groups is 1. The van der Waals surface area contributed by atoms with Gasteiger partial charge in [0.25, 0.3) is 6.43 Å². The summed E-state index contributed by atoms with van der Waals surface area (Å²) in [5.41, 5.74) is -0.0878. The van der Waals surface area contributed by atoms with E-state index in [4.69, 9.17) is 4.74 Å². The van der Waals surface area contributed by atoms with Crippen LogP contribution in [0.1, 0.15) is 29.3 Å². The largest absolute Gasteiger partial charge is 0.462 e. The molecule has 1 aromatic rings. The van der Waals surface area contributed by atoms with Gasteiger partial charge >= 0.3 is 5.97 Å². The molecule has 82 valence electrons. The third-order valence-corrected chi connectivity index (χ3v) is 2.64. The molecular weight excluding hydrogens is 270 g/mol. The third-order valence-electron chi connectivity index (χ3n) is 1.76. The van der Waals surface area contributed by atoms with Gasteiger partial charge in [-0.2, -0.15) is 0 Å². The van der Waals surface area contributed by atoms with Crippen molar-refractivity contribution in [2.24, 2.45) is 0 Å². The number of carbonyl (C=O) groups excluding carboxylic acids is 1. The summed E-state index contributed by atoms with van der Waals surface area (Å²) in [6, 6.07) is 4.10. The zero-order chi connectivity index (χ0) is 11.4. The standard InChI is InChI=1S/C10H9BrF2O2/c1-2-15-10(14)7-5-3-4-6(8(7)11)9(12)13/h3-5,9H,2H2,1H3. The predicted molar refractivity (Wildman–Crippen MR) is 55.1 cm³/mol. The van der Waals surface area contributed by atoms with Gasteiger partial charge in [-0.25, -0.2) is 13.6 Å². The maximum atomic E-state index is 12.5. The lowest BCUT2D eigenvalue weighted by atomic mass is 10.1. The molecule has 0 aromatic heterocycles. The Morgan fingerprint density at radius 2 is 2.20 bits per heavy atom. The number of esters is 1. The molecule has 0 aliphatic rings. The predicted octanol–water partition coefficient (Wildman–Crippen LogP) is 3.56. The van der Waals surface area contributed by atoms with Crippen LogP contribution in [-0.2, 0) is 4.74 Å². The Kier molecular flexibility index (Phi) is 4.20. The normalized spacial score (nSPS) is 10.5. The Morgan fingerprint density at radius 1 is 1.53 bits per heavy atom. The maximum Gasteiger partial charge on any atom is 0.339 e. The summed E-state index contributed by atoms with van der Waals surface area (Å²) in [4.78, 5) is 11.3. The third kappa shape index (κ3) is 2.75. The van der Waals surface area contributed by atoms with Crippen LogP contribution in [0.4, 0.5) is 8.78 Å². The zero-order valence-corrected chi connectivity index (χ0v) is 9.55. The smallest absolute Gasteiger partial charge is 0.339 e. The molecule has 15 heavy (non-hydrogen) atoms. The first-order valence-electron chi connectivity index (χ1n) is 4.31. The van der Waals surface area contributed by atoms with Crippen molar-refractivity contribution < 1.29 is 18.3 Å². The summed E-state index contributed by atoms with van der Waals surface area (Å²) in [5.74, 6) is -0.605. The van der Waals surface area contributed by atoms with E-state index in [2.05, 4.69) is 15.9 Å². The summed E-state index contributed by atoms with van der Waals surface area (Å²) >= 11 is 2.97. The van der Waals surface area contributed by atoms with Crippen molar-refractivity contribution in [3.63, 3.8) is 0 Å². The van der Waals surface area contributed by atoms with Crippen LogP contribution in [0.2, 0.25) is 0 Å². The van der Waals surface area contributed by atoms with Crippen LogP contribution in [0.15, 0.2) is 22.7 Å². The molecular formula is C10H9BrF2O2. The average molecular weight is 279 g/mol. The Balaban J connectivity index is 3.09. The minimum Gasteiger partial charge on any atom is -0.462 e. The van der Waals surface area contributed by atoms with E-state index in [0.29, 0.717) is 0 Å². The highest BCUT2D eigenvalue weighted by atomic mass is 79.9. The van der Waals surface area contributed by atoms with E-state index in [1.54, 1.807) is 6.92 Å². The lowest BCUT2D eigenvalue weighted by Gasteiger charge is -2.08. The SMILES string of the molecule is CCOC(=O)c1cccc(C(F)F)c1Br. The van der Waals surface area contributed by atoms with E-state index >= 15 is 0 Å². The molecule has 0 heterocycles. The van der Waals surface area contributed by atoms with E-state index in [1.165, 1.54) is 18.2 Å². The summed E-state index contributed by atoms with van der Waals surface area (Å²) in [6.07, 6.45) is -2.62. The topological polar surface area (TPSA) is 26.3 Å². The van der Waals surface area contributed by atoms with E-state index in [9.17, 15) is 13.6 Å². The van der Waals surface area contributed by atoms with Crippen LogP contribution < -0.4 is 0 Å². The number of hydrogen-bond acceptors (Lipinski definition) is 2. The van der Waals surface area contributed by atoms with Crippen LogP contribution in [-0.4, -0.2) is 12.6 Å². The van der Waals surface area contributed by atoms with Gasteiger partial charge in [-0.15, -0.1) is 0 Å². The van der Waals surface area contributed by atoms with Gasteiger partial charge in [0.2, 0.25) is 0 Å². The minimum atomic E-state index is -2.62. The van der Waals surface area contributed by atoms with Crippen molar-refractivity contribution >= 4 is 21.9 Å². The van der Waals surface area contributed by atoms with Crippen molar-refractivity contribution in [1.29, 1.82) is 0 Å². The molecule has 0 amide bonds. The van der Waals surface area contributed by atoms with Gasteiger partial charge in [0, 0.05) is 10.0 Å². The van der Waals surface area contributed by atoms with Crippen LogP contribution in [0, 0.1) is 0 Å². The molecule has 0 unspecified atom stereocenters. The van der Waals surface area contributed by atoms with E-state index in [1.807, 2.05) is 0 Å². The fraction of sp³-hybridized carbons (Fsp3) is 0.300. The minimum absolute atomic E-state index is 0.0958. The second-order valence-corrected chi connectivity index (χ2v) is 3.52. The van der Waals surface area contributed by atoms with Crippen molar-refractivity contribution in [3.05, 3.63) is 33.8 Å². The van der Waals surface area contributed by atoms with Crippen LogP contribution in [0.3, 0.4) is 0 Å². The highest BCUT2D eigenvalue weighted by molar-refractivity contribution is 9.10. The van der Waals surface area contributed by atoms with Crippen LogP contribution in [0.25, 0.3) is 0 Å². The van der Waals surface area contributed by atoms with Crippen molar-refractivity contribution in [2.45, 2.75) is 13.3 Å². The average Bonchev–Trinajstić information content (AvgIpc) is 2.17. The molecule has 0 aliphatic carbocycles. The molecule has 0 fully saturated rings. The number of ether oxygens (including phenoxy) is 1. The van der Waals surface area contributed by atoms with Gasteiger partial charge in [-0.1, -0.05) is 12.1 Å². The summed E-state index contributed by atoms with van der Waals surface area (Å²) in [6.45, 7) is 1.87. The number of halogens is 3. The number of hydrogen-bond donors (Lipinski definition) is 0. The van der Waals surface area contributed by atoms with E-state index in [0.717, 1.165) is 0 Å². The molecule has 1 rings (SSSR count). The fourth-order valence-electron chi connectivity index (χ4n) is 1.08. The number of rotatable bonds is 3. The van der Waals surface area contributed by atoms with Crippen LogP contribution in [0.5, 0.6) is 0 Å².